The molecule has 1 saturated heterocycles. The van der Waals surface area contributed by atoms with Gasteiger partial charge in [0, 0.05) is 6.61 Å². The summed E-state index contributed by atoms with van der Waals surface area (Å²) < 4.78 is 5.72. The van der Waals surface area contributed by atoms with Gasteiger partial charge in [0.25, 0.3) is 0 Å². The van der Waals surface area contributed by atoms with Gasteiger partial charge in [-0.05, 0) is 25.2 Å². The first kappa shape index (κ1) is 9.05. The molecule has 0 aliphatic carbocycles. The Bertz CT molecular complexity index is 91.0. The lowest BCUT2D eigenvalue weighted by atomic mass is 9.91. The fraction of sp³-hybridized carbons (Fsp3) is 1.00. The maximum absolute atomic E-state index is 5.72. The van der Waals surface area contributed by atoms with Crippen molar-refractivity contribution >= 4 is 0 Å². The SMILES string of the molecule is CCC(CC)C1CCCCO1. The summed E-state index contributed by atoms with van der Waals surface area (Å²) in [5.41, 5.74) is 0. The van der Waals surface area contributed by atoms with Crippen LogP contribution in [0.4, 0.5) is 0 Å². The summed E-state index contributed by atoms with van der Waals surface area (Å²) in [4.78, 5) is 0. The molecular weight excluding hydrogens is 136 g/mol. The van der Waals surface area contributed by atoms with Crippen molar-refractivity contribution in [2.75, 3.05) is 6.61 Å². The van der Waals surface area contributed by atoms with Crippen molar-refractivity contribution in [2.45, 2.75) is 52.1 Å². The summed E-state index contributed by atoms with van der Waals surface area (Å²) in [7, 11) is 0. The van der Waals surface area contributed by atoms with E-state index in [0.717, 1.165) is 12.5 Å². The molecule has 0 amide bonds. The molecule has 0 spiro atoms. The quantitative estimate of drug-likeness (QED) is 0.610. The van der Waals surface area contributed by atoms with E-state index < -0.39 is 0 Å². The van der Waals surface area contributed by atoms with E-state index >= 15 is 0 Å². The van der Waals surface area contributed by atoms with Crippen LogP contribution >= 0.6 is 0 Å². The summed E-state index contributed by atoms with van der Waals surface area (Å²) in [5, 5.41) is 0. The summed E-state index contributed by atoms with van der Waals surface area (Å²) in [6, 6.07) is 0. The van der Waals surface area contributed by atoms with E-state index in [1.54, 1.807) is 0 Å². The van der Waals surface area contributed by atoms with E-state index in [1.165, 1.54) is 32.1 Å². The standard InChI is InChI=1S/C10H20O/c1-3-9(4-2)10-7-5-6-8-11-10/h9-10H,3-8H2,1-2H3. The number of hydrogen-bond acceptors (Lipinski definition) is 1. The molecule has 0 aromatic rings. The predicted octanol–water partition coefficient (Wildman–Crippen LogP) is 2.99. The van der Waals surface area contributed by atoms with Crippen LogP contribution in [0.3, 0.4) is 0 Å². The second-order valence-electron chi connectivity index (χ2n) is 3.48. The van der Waals surface area contributed by atoms with Crippen molar-refractivity contribution in [3.8, 4) is 0 Å². The smallest absolute Gasteiger partial charge is 0.0603 e. The Morgan fingerprint density at radius 1 is 1.27 bits per heavy atom. The first-order chi connectivity index (χ1) is 5.38. The third-order valence-corrected chi connectivity index (χ3v) is 2.79. The van der Waals surface area contributed by atoms with Gasteiger partial charge in [-0.2, -0.15) is 0 Å². The maximum Gasteiger partial charge on any atom is 0.0603 e. The first-order valence-corrected chi connectivity index (χ1v) is 5.00. The molecule has 1 atom stereocenters. The van der Waals surface area contributed by atoms with Crippen LogP contribution in [0.15, 0.2) is 0 Å². The van der Waals surface area contributed by atoms with Gasteiger partial charge >= 0.3 is 0 Å². The van der Waals surface area contributed by atoms with Crippen molar-refractivity contribution in [3.05, 3.63) is 0 Å². The molecule has 1 unspecified atom stereocenters. The average molecular weight is 156 g/mol. The summed E-state index contributed by atoms with van der Waals surface area (Å²) >= 11 is 0. The van der Waals surface area contributed by atoms with Crippen molar-refractivity contribution in [3.63, 3.8) is 0 Å². The van der Waals surface area contributed by atoms with Gasteiger partial charge in [0.05, 0.1) is 6.10 Å². The minimum Gasteiger partial charge on any atom is -0.378 e. The van der Waals surface area contributed by atoms with E-state index in [0.29, 0.717) is 6.10 Å². The Labute approximate surface area is 70.1 Å². The van der Waals surface area contributed by atoms with Crippen LogP contribution in [0.1, 0.15) is 46.0 Å². The van der Waals surface area contributed by atoms with Gasteiger partial charge in [-0.1, -0.05) is 26.7 Å². The molecule has 0 aromatic carbocycles. The average Bonchev–Trinajstić information content (AvgIpc) is 2.09. The van der Waals surface area contributed by atoms with Crippen molar-refractivity contribution in [1.82, 2.24) is 0 Å². The fourth-order valence-electron chi connectivity index (χ4n) is 1.95. The molecule has 1 heteroatoms. The molecule has 0 saturated carbocycles. The molecular formula is C10H20O. The molecule has 1 nitrogen and oxygen atoms in total. The number of rotatable bonds is 3. The minimum absolute atomic E-state index is 0.582. The van der Waals surface area contributed by atoms with Crippen LogP contribution in [0, 0.1) is 5.92 Å². The highest BCUT2D eigenvalue weighted by Crippen LogP contribution is 2.24. The number of hydrogen-bond donors (Lipinski definition) is 0. The van der Waals surface area contributed by atoms with Gasteiger partial charge in [-0.25, -0.2) is 0 Å². The first-order valence-electron chi connectivity index (χ1n) is 5.00. The molecule has 1 rings (SSSR count). The molecule has 0 bridgehead atoms. The topological polar surface area (TPSA) is 9.23 Å². The van der Waals surface area contributed by atoms with E-state index in [2.05, 4.69) is 13.8 Å². The summed E-state index contributed by atoms with van der Waals surface area (Å²) in [6.45, 7) is 5.54. The van der Waals surface area contributed by atoms with E-state index in [4.69, 9.17) is 4.74 Å². The Morgan fingerprint density at radius 3 is 2.45 bits per heavy atom. The monoisotopic (exact) mass is 156 g/mol. The molecule has 0 aromatic heterocycles. The Morgan fingerprint density at radius 2 is 2.00 bits per heavy atom. The van der Waals surface area contributed by atoms with E-state index in [9.17, 15) is 0 Å². The fourth-order valence-corrected chi connectivity index (χ4v) is 1.95. The molecule has 0 N–H and O–H groups in total. The van der Waals surface area contributed by atoms with Gasteiger partial charge in [0.15, 0.2) is 0 Å². The summed E-state index contributed by atoms with van der Waals surface area (Å²) in [6.07, 6.45) is 7.09. The highest BCUT2D eigenvalue weighted by atomic mass is 16.5. The molecule has 1 fully saturated rings. The van der Waals surface area contributed by atoms with E-state index in [-0.39, 0.29) is 0 Å². The van der Waals surface area contributed by atoms with Gasteiger partial charge in [-0.15, -0.1) is 0 Å². The molecule has 11 heavy (non-hydrogen) atoms. The summed E-state index contributed by atoms with van der Waals surface area (Å²) in [5.74, 6) is 0.815. The van der Waals surface area contributed by atoms with Gasteiger partial charge in [0.2, 0.25) is 0 Å². The zero-order valence-corrected chi connectivity index (χ0v) is 7.81. The third-order valence-electron chi connectivity index (χ3n) is 2.79. The lowest BCUT2D eigenvalue weighted by Crippen LogP contribution is -2.27. The Balaban J connectivity index is 2.30. The lowest BCUT2D eigenvalue weighted by Gasteiger charge is -2.29. The van der Waals surface area contributed by atoms with Crippen molar-refractivity contribution < 1.29 is 4.74 Å². The zero-order chi connectivity index (χ0) is 8.10. The molecule has 1 heterocycles. The highest BCUT2D eigenvalue weighted by Gasteiger charge is 2.20. The molecule has 0 radical (unpaired) electrons. The van der Waals surface area contributed by atoms with Gasteiger partial charge < -0.3 is 4.74 Å². The third kappa shape index (κ3) is 2.48. The Hall–Kier alpha value is -0.0400. The second-order valence-corrected chi connectivity index (χ2v) is 3.48. The van der Waals surface area contributed by atoms with Gasteiger partial charge in [-0.3, -0.25) is 0 Å². The van der Waals surface area contributed by atoms with E-state index in [1.807, 2.05) is 0 Å². The van der Waals surface area contributed by atoms with Crippen LogP contribution in [0.2, 0.25) is 0 Å². The molecule has 66 valence electrons. The largest absolute Gasteiger partial charge is 0.378 e. The maximum atomic E-state index is 5.72. The minimum atomic E-state index is 0.582. The molecule has 1 aliphatic heterocycles. The van der Waals surface area contributed by atoms with Gasteiger partial charge in [0.1, 0.15) is 0 Å². The zero-order valence-electron chi connectivity index (χ0n) is 7.81. The second kappa shape index (κ2) is 4.76. The molecule has 1 aliphatic rings. The lowest BCUT2D eigenvalue weighted by molar-refractivity contribution is -0.0228. The van der Waals surface area contributed by atoms with Crippen LogP contribution < -0.4 is 0 Å². The van der Waals surface area contributed by atoms with Crippen LogP contribution in [0.5, 0.6) is 0 Å². The van der Waals surface area contributed by atoms with Crippen molar-refractivity contribution in [2.24, 2.45) is 5.92 Å². The van der Waals surface area contributed by atoms with Crippen LogP contribution in [0.25, 0.3) is 0 Å². The normalized spacial score (nSPS) is 25.9. The van der Waals surface area contributed by atoms with Crippen molar-refractivity contribution in [1.29, 1.82) is 0 Å². The van der Waals surface area contributed by atoms with Crippen LogP contribution in [-0.2, 0) is 4.74 Å². The van der Waals surface area contributed by atoms with Crippen LogP contribution in [-0.4, -0.2) is 12.7 Å². The Kier molecular flexibility index (Phi) is 3.92. The highest BCUT2D eigenvalue weighted by molar-refractivity contribution is 4.71. The predicted molar refractivity (Wildman–Crippen MR) is 47.7 cm³/mol. The number of ether oxygens (including phenoxy) is 1.